The van der Waals surface area contributed by atoms with Gasteiger partial charge in [-0.15, -0.1) is 0 Å². The number of hydrogen-bond donors (Lipinski definition) is 0. The highest BCUT2D eigenvalue weighted by molar-refractivity contribution is 6.14. The van der Waals surface area contributed by atoms with Crippen LogP contribution in [0.1, 0.15) is 33.2 Å². The van der Waals surface area contributed by atoms with Crippen LogP contribution in [0.15, 0.2) is 78.6 Å². The Balaban J connectivity index is 1.50. The summed E-state index contributed by atoms with van der Waals surface area (Å²) in [6, 6.07) is 21.3. The highest BCUT2D eigenvalue weighted by Crippen LogP contribution is 2.35. The fraction of sp³-hybridized carbons (Fsp3) is 0.120. The normalized spacial score (nSPS) is 13.6. The maximum Gasteiger partial charge on any atom is 0.231 e. The Kier molecular flexibility index (Phi) is 5.61. The number of fused-ring (bicyclic) bond motifs is 1. The van der Waals surface area contributed by atoms with E-state index in [1.54, 1.807) is 48.5 Å². The lowest BCUT2D eigenvalue weighted by Gasteiger charge is -2.07. The van der Waals surface area contributed by atoms with Crippen molar-refractivity contribution < 1.29 is 23.8 Å². The molecule has 0 bridgehead atoms. The van der Waals surface area contributed by atoms with Crippen molar-refractivity contribution >= 4 is 17.6 Å². The summed E-state index contributed by atoms with van der Waals surface area (Å²) >= 11 is 0. The topological polar surface area (TPSA) is 61.8 Å². The van der Waals surface area contributed by atoms with Gasteiger partial charge >= 0.3 is 0 Å². The number of allylic oxidation sites excluding steroid dienone is 1. The summed E-state index contributed by atoms with van der Waals surface area (Å²) in [6.07, 6.45) is 1.67. The number of rotatable bonds is 7. The standard InChI is InChI=1S/C25H20O5/c1-2-28-22-11-7-6-10-18(22)14-24-25(27)20-13-12-19(15-23(20)30-24)29-16-21(26)17-8-4-3-5-9-17/h3-15H,2,16H2,1H3. The van der Waals surface area contributed by atoms with Crippen molar-refractivity contribution in [3.05, 3.63) is 95.2 Å². The SMILES string of the molecule is CCOc1ccccc1C=C1Oc2cc(OCC(=O)c3ccccc3)ccc2C1=O. The number of para-hydroxylation sites is 1. The number of Topliss-reactive ketones (excluding diaryl/α,β-unsaturated/α-hetero) is 2. The zero-order chi connectivity index (χ0) is 20.9. The maximum absolute atomic E-state index is 12.7. The fourth-order valence-corrected chi connectivity index (χ4v) is 3.14. The Labute approximate surface area is 174 Å². The van der Waals surface area contributed by atoms with E-state index in [1.807, 2.05) is 37.3 Å². The van der Waals surface area contributed by atoms with Crippen LogP contribution in [0.3, 0.4) is 0 Å². The van der Waals surface area contributed by atoms with Crippen LogP contribution in [0.2, 0.25) is 0 Å². The van der Waals surface area contributed by atoms with Crippen LogP contribution in [-0.2, 0) is 0 Å². The third kappa shape index (κ3) is 4.10. The highest BCUT2D eigenvalue weighted by atomic mass is 16.5. The monoisotopic (exact) mass is 400 g/mol. The van der Waals surface area contributed by atoms with E-state index in [1.165, 1.54) is 0 Å². The lowest BCUT2D eigenvalue weighted by Crippen LogP contribution is -2.11. The summed E-state index contributed by atoms with van der Waals surface area (Å²) in [5.74, 6) is 1.44. The third-order valence-electron chi connectivity index (χ3n) is 4.61. The lowest BCUT2D eigenvalue weighted by molar-refractivity contribution is 0.0921. The molecule has 0 radical (unpaired) electrons. The van der Waals surface area contributed by atoms with Crippen molar-refractivity contribution in [2.24, 2.45) is 0 Å². The summed E-state index contributed by atoms with van der Waals surface area (Å²) < 4.78 is 17.0. The average molecular weight is 400 g/mol. The Morgan fingerprint density at radius 2 is 1.73 bits per heavy atom. The van der Waals surface area contributed by atoms with E-state index in [-0.39, 0.29) is 23.9 Å². The molecule has 0 spiro atoms. The van der Waals surface area contributed by atoms with Crippen LogP contribution in [0.5, 0.6) is 17.2 Å². The molecule has 0 aliphatic carbocycles. The molecule has 0 saturated carbocycles. The van der Waals surface area contributed by atoms with Crippen molar-refractivity contribution in [1.29, 1.82) is 0 Å². The second-order valence-electron chi connectivity index (χ2n) is 6.65. The van der Waals surface area contributed by atoms with Gasteiger partial charge in [0.15, 0.2) is 18.1 Å². The van der Waals surface area contributed by atoms with Crippen LogP contribution in [0, 0.1) is 0 Å². The largest absolute Gasteiger partial charge is 0.493 e. The summed E-state index contributed by atoms with van der Waals surface area (Å²) in [5.41, 5.74) is 1.81. The number of benzene rings is 3. The van der Waals surface area contributed by atoms with Crippen molar-refractivity contribution in [3.8, 4) is 17.2 Å². The minimum absolute atomic E-state index is 0.0961. The highest BCUT2D eigenvalue weighted by Gasteiger charge is 2.28. The van der Waals surface area contributed by atoms with E-state index in [0.29, 0.717) is 35.0 Å². The summed E-state index contributed by atoms with van der Waals surface area (Å²) in [4.78, 5) is 24.9. The second kappa shape index (κ2) is 8.66. The maximum atomic E-state index is 12.7. The van der Waals surface area contributed by atoms with Gasteiger partial charge in [0.2, 0.25) is 5.78 Å². The van der Waals surface area contributed by atoms with Crippen molar-refractivity contribution in [2.45, 2.75) is 6.92 Å². The van der Waals surface area contributed by atoms with Gasteiger partial charge in [-0.2, -0.15) is 0 Å². The molecule has 0 unspecified atom stereocenters. The quantitative estimate of drug-likeness (QED) is 0.414. The Morgan fingerprint density at radius 1 is 0.967 bits per heavy atom. The molecule has 3 aromatic carbocycles. The van der Waals surface area contributed by atoms with Gasteiger partial charge in [-0.1, -0.05) is 48.5 Å². The van der Waals surface area contributed by atoms with E-state index in [4.69, 9.17) is 14.2 Å². The van der Waals surface area contributed by atoms with Gasteiger partial charge in [-0.3, -0.25) is 9.59 Å². The van der Waals surface area contributed by atoms with Gasteiger partial charge in [0.25, 0.3) is 0 Å². The first kappa shape index (κ1) is 19.5. The predicted molar refractivity (Wildman–Crippen MR) is 113 cm³/mol. The van der Waals surface area contributed by atoms with E-state index < -0.39 is 0 Å². The number of ether oxygens (including phenoxy) is 3. The minimum atomic E-state index is -0.205. The Morgan fingerprint density at radius 3 is 2.53 bits per heavy atom. The molecule has 5 nitrogen and oxygen atoms in total. The molecule has 3 aromatic rings. The Hall–Kier alpha value is -3.86. The minimum Gasteiger partial charge on any atom is -0.493 e. The summed E-state index contributed by atoms with van der Waals surface area (Å²) in [7, 11) is 0. The van der Waals surface area contributed by atoms with Crippen molar-refractivity contribution in [1.82, 2.24) is 0 Å². The molecular weight excluding hydrogens is 380 g/mol. The first-order valence-corrected chi connectivity index (χ1v) is 9.67. The second-order valence-corrected chi connectivity index (χ2v) is 6.65. The van der Waals surface area contributed by atoms with E-state index in [0.717, 1.165) is 5.56 Å². The summed E-state index contributed by atoms with van der Waals surface area (Å²) in [6.45, 7) is 2.33. The summed E-state index contributed by atoms with van der Waals surface area (Å²) in [5, 5.41) is 0. The van der Waals surface area contributed by atoms with Crippen LogP contribution < -0.4 is 14.2 Å². The molecular formula is C25H20O5. The first-order chi connectivity index (χ1) is 14.7. The van der Waals surface area contributed by atoms with E-state index in [2.05, 4.69) is 0 Å². The molecule has 0 saturated heterocycles. The molecule has 0 atom stereocenters. The van der Waals surface area contributed by atoms with Gasteiger partial charge < -0.3 is 14.2 Å². The molecule has 5 heteroatoms. The zero-order valence-corrected chi connectivity index (χ0v) is 16.5. The van der Waals surface area contributed by atoms with Gasteiger partial charge in [-0.25, -0.2) is 0 Å². The molecule has 0 N–H and O–H groups in total. The molecule has 1 aliphatic heterocycles. The van der Waals surface area contributed by atoms with Gasteiger partial charge in [0.1, 0.15) is 17.2 Å². The first-order valence-electron chi connectivity index (χ1n) is 9.67. The number of carbonyl (C=O) groups excluding carboxylic acids is 2. The molecule has 150 valence electrons. The molecule has 0 aromatic heterocycles. The van der Waals surface area contributed by atoms with Gasteiger partial charge in [-0.05, 0) is 31.2 Å². The van der Waals surface area contributed by atoms with Crippen molar-refractivity contribution in [2.75, 3.05) is 13.2 Å². The van der Waals surface area contributed by atoms with Gasteiger partial charge in [0.05, 0.1) is 12.2 Å². The molecule has 1 aliphatic rings. The van der Waals surface area contributed by atoms with E-state index in [9.17, 15) is 9.59 Å². The van der Waals surface area contributed by atoms with Crippen LogP contribution in [-0.4, -0.2) is 24.8 Å². The molecule has 30 heavy (non-hydrogen) atoms. The number of carbonyl (C=O) groups is 2. The average Bonchev–Trinajstić information content (AvgIpc) is 3.09. The predicted octanol–water partition coefficient (Wildman–Crippen LogP) is 4.96. The van der Waals surface area contributed by atoms with Crippen LogP contribution >= 0.6 is 0 Å². The fourth-order valence-electron chi connectivity index (χ4n) is 3.14. The molecule has 0 amide bonds. The smallest absolute Gasteiger partial charge is 0.231 e. The molecule has 4 rings (SSSR count). The van der Waals surface area contributed by atoms with Crippen LogP contribution in [0.25, 0.3) is 6.08 Å². The Bertz CT molecular complexity index is 1120. The van der Waals surface area contributed by atoms with Crippen molar-refractivity contribution in [3.63, 3.8) is 0 Å². The number of ketones is 2. The van der Waals surface area contributed by atoms with Crippen LogP contribution in [0.4, 0.5) is 0 Å². The molecule has 1 heterocycles. The lowest BCUT2D eigenvalue weighted by atomic mass is 10.1. The van der Waals surface area contributed by atoms with E-state index >= 15 is 0 Å². The third-order valence-corrected chi connectivity index (χ3v) is 4.61. The molecule has 0 fully saturated rings. The van der Waals surface area contributed by atoms with Gasteiger partial charge in [0, 0.05) is 17.2 Å². The number of hydrogen-bond acceptors (Lipinski definition) is 5. The zero-order valence-electron chi connectivity index (χ0n) is 16.5.